The molecule has 0 aliphatic carbocycles. The summed E-state index contributed by atoms with van der Waals surface area (Å²) in [5.41, 5.74) is 6.83. The Bertz CT molecular complexity index is 393. The summed E-state index contributed by atoms with van der Waals surface area (Å²) in [6.07, 6.45) is 0.666. The zero-order valence-corrected chi connectivity index (χ0v) is 12.9. The molecule has 19 heavy (non-hydrogen) atoms. The van der Waals surface area contributed by atoms with Gasteiger partial charge in [-0.3, -0.25) is 0 Å². The summed E-state index contributed by atoms with van der Waals surface area (Å²) in [5, 5.41) is 0.698. The van der Waals surface area contributed by atoms with E-state index in [0.29, 0.717) is 11.6 Å². The number of ether oxygens (including phenoxy) is 2. The van der Waals surface area contributed by atoms with Crippen LogP contribution in [-0.2, 0) is 9.47 Å². The first-order valence-corrected chi connectivity index (χ1v) is 6.91. The van der Waals surface area contributed by atoms with Gasteiger partial charge in [0.1, 0.15) is 0 Å². The smallest absolute Gasteiger partial charge is 0.0973 e. The summed E-state index contributed by atoms with van der Waals surface area (Å²) in [5.74, 6) is 0. The quantitative estimate of drug-likeness (QED) is 0.833. The Morgan fingerprint density at radius 3 is 2.58 bits per heavy atom. The lowest BCUT2D eigenvalue weighted by atomic mass is 10.0. The second-order valence-corrected chi connectivity index (χ2v) is 5.86. The second kappa shape index (κ2) is 7.25. The average molecular weight is 286 g/mol. The predicted molar refractivity (Wildman–Crippen MR) is 79.5 cm³/mol. The van der Waals surface area contributed by atoms with Crippen LogP contribution >= 0.6 is 11.6 Å². The van der Waals surface area contributed by atoms with Gasteiger partial charge >= 0.3 is 0 Å². The Balaban J connectivity index is 2.64. The number of methoxy groups -OCH3 is 1. The van der Waals surface area contributed by atoms with Crippen LogP contribution in [0.2, 0.25) is 5.02 Å². The van der Waals surface area contributed by atoms with Gasteiger partial charge in [0.25, 0.3) is 0 Å². The third kappa shape index (κ3) is 5.49. The summed E-state index contributed by atoms with van der Waals surface area (Å²) < 4.78 is 11.3. The van der Waals surface area contributed by atoms with Crippen LogP contribution in [0, 0.1) is 0 Å². The molecule has 0 saturated heterocycles. The first kappa shape index (κ1) is 16.4. The topological polar surface area (TPSA) is 44.5 Å². The van der Waals surface area contributed by atoms with Gasteiger partial charge in [0.15, 0.2) is 0 Å². The predicted octanol–water partition coefficient (Wildman–Crippen LogP) is 3.56. The van der Waals surface area contributed by atoms with Crippen LogP contribution < -0.4 is 5.73 Å². The SMILES string of the molecule is COC(C)(C)CCOC(c1cccc(Cl)c1)C(C)N. The van der Waals surface area contributed by atoms with Crippen molar-refractivity contribution in [2.45, 2.75) is 44.9 Å². The van der Waals surface area contributed by atoms with Crippen molar-refractivity contribution in [3.8, 4) is 0 Å². The van der Waals surface area contributed by atoms with Crippen LogP contribution in [0.4, 0.5) is 0 Å². The number of benzene rings is 1. The molecule has 108 valence electrons. The standard InChI is InChI=1S/C15H24ClNO2/c1-11(17)14(12-6-5-7-13(16)10-12)19-9-8-15(2,3)18-4/h5-7,10-11,14H,8-9,17H2,1-4H3. The average Bonchev–Trinajstić information content (AvgIpc) is 2.34. The Kier molecular flexibility index (Phi) is 6.27. The van der Waals surface area contributed by atoms with E-state index < -0.39 is 0 Å². The first-order chi connectivity index (χ1) is 8.85. The van der Waals surface area contributed by atoms with E-state index in [1.807, 2.05) is 45.0 Å². The molecule has 2 N–H and O–H groups in total. The molecule has 1 rings (SSSR count). The van der Waals surface area contributed by atoms with Crippen LogP contribution in [-0.4, -0.2) is 25.4 Å². The monoisotopic (exact) mass is 285 g/mol. The van der Waals surface area contributed by atoms with Gasteiger partial charge in [-0.25, -0.2) is 0 Å². The number of rotatable bonds is 7. The molecule has 0 radical (unpaired) electrons. The minimum atomic E-state index is -0.184. The molecule has 2 atom stereocenters. The minimum Gasteiger partial charge on any atom is -0.379 e. The van der Waals surface area contributed by atoms with Gasteiger partial charge in [-0.05, 0) is 44.9 Å². The van der Waals surface area contributed by atoms with E-state index >= 15 is 0 Å². The van der Waals surface area contributed by atoms with Crippen molar-refractivity contribution < 1.29 is 9.47 Å². The molecule has 2 unspecified atom stereocenters. The van der Waals surface area contributed by atoms with Gasteiger partial charge in [-0.2, -0.15) is 0 Å². The van der Waals surface area contributed by atoms with E-state index in [1.165, 1.54) is 0 Å². The van der Waals surface area contributed by atoms with Crippen LogP contribution in [0.15, 0.2) is 24.3 Å². The maximum Gasteiger partial charge on any atom is 0.0973 e. The van der Waals surface area contributed by atoms with Crippen molar-refractivity contribution in [1.29, 1.82) is 0 Å². The van der Waals surface area contributed by atoms with Gasteiger partial charge < -0.3 is 15.2 Å². The van der Waals surface area contributed by atoms with E-state index in [2.05, 4.69) is 0 Å². The molecule has 0 aliphatic heterocycles. The molecule has 0 aliphatic rings. The van der Waals surface area contributed by atoms with Crippen LogP contribution in [0.3, 0.4) is 0 Å². The van der Waals surface area contributed by atoms with E-state index in [4.69, 9.17) is 26.8 Å². The highest BCUT2D eigenvalue weighted by Crippen LogP contribution is 2.24. The number of hydrogen-bond donors (Lipinski definition) is 1. The fraction of sp³-hybridized carbons (Fsp3) is 0.600. The lowest BCUT2D eigenvalue weighted by Crippen LogP contribution is -2.30. The van der Waals surface area contributed by atoms with Gasteiger partial charge in [0.2, 0.25) is 0 Å². The fourth-order valence-electron chi connectivity index (χ4n) is 1.77. The molecule has 4 heteroatoms. The molecule has 0 bridgehead atoms. The summed E-state index contributed by atoms with van der Waals surface area (Å²) in [6.45, 7) is 6.61. The zero-order chi connectivity index (χ0) is 14.5. The van der Waals surface area contributed by atoms with Gasteiger partial charge in [0.05, 0.1) is 18.3 Å². The molecule has 0 amide bonds. The third-order valence-electron chi connectivity index (χ3n) is 3.21. The summed E-state index contributed by atoms with van der Waals surface area (Å²) in [6, 6.07) is 7.55. The van der Waals surface area contributed by atoms with Crippen molar-refractivity contribution in [2.75, 3.05) is 13.7 Å². The highest BCUT2D eigenvalue weighted by Gasteiger charge is 2.20. The van der Waals surface area contributed by atoms with E-state index in [9.17, 15) is 0 Å². The molecular formula is C15H24ClNO2. The summed E-state index contributed by atoms with van der Waals surface area (Å²) in [4.78, 5) is 0. The molecule has 1 aromatic rings. The van der Waals surface area contributed by atoms with Crippen molar-refractivity contribution >= 4 is 11.6 Å². The molecule has 0 fully saturated rings. The molecular weight excluding hydrogens is 262 g/mol. The van der Waals surface area contributed by atoms with Crippen LogP contribution in [0.5, 0.6) is 0 Å². The number of halogens is 1. The Morgan fingerprint density at radius 2 is 2.05 bits per heavy atom. The van der Waals surface area contributed by atoms with Crippen molar-refractivity contribution in [3.63, 3.8) is 0 Å². The van der Waals surface area contributed by atoms with Gasteiger partial charge in [0, 0.05) is 18.2 Å². The second-order valence-electron chi connectivity index (χ2n) is 5.42. The first-order valence-electron chi connectivity index (χ1n) is 6.53. The highest BCUT2D eigenvalue weighted by atomic mass is 35.5. The number of hydrogen-bond acceptors (Lipinski definition) is 3. The molecule has 0 spiro atoms. The molecule has 0 heterocycles. The summed E-state index contributed by atoms with van der Waals surface area (Å²) >= 11 is 6.01. The Hall–Kier alpha value is -0.610. The lowest BCUT2D eigenvalue weighted by Gasteiger charge is -2.26. The molecule has 0 saturated carbocycles. The van der Waals surface area contributed by atoms with Crippen molar-refractivity contribution in [2.24, 2.45) is 5.73 Å². The lowest BCUT2D eigenvalue weighted by molar-refractivity contribution is -0.0317. The van der Waals surface area contributed by atoms with Crippen LogP contribution in [0.1, 0.15) is 38.9 Å². The van der Waals surface area contributed by atoms with E-state index in [-0.39, 0.29) is 17.7 Å². The maximum atomic E-state index is 6.01. The Labute approximate surface area is 121 Å². The molecule has 3 nitrogen and oxygen atoms in total. The highest BCUT2D eigenvalue weighted by molar-refractivity contribution is 6.30. The normalized spacial score (nSPS) is 15.3. The molecule has 0 aromatic heterocycles. The van der Waals surface area contributed by atoms with Crippen molar-refractivity contribution in [1.82, 2.24) is 0 Å². The summed E-state index contributed by atoms with van der Waals surface area (Å²) in [7, 11) is 1.71. The zero-order valence-electron chi connectivity index (χ0n) is 12.2. The fourth-order valence-corrected chi connectivity index (χ4v) is 1.97. The third-order valence-corrected chi connectivity index (χ3v) is 3.44. The number of nitrogens with two attached hydrogens (primary N) is 1. The Morgan fingerprint density at radius 1 is 1.37 bits per heavy atom. The van der Waals surface area contributed by atoms with Gasteiger partial charge in [-0.15, -0.1) is 0 Å². The van der Waals surface area contributed by atoms with E-state index in [0.717, 1.165) is 12.0 Å². The maximum absolute atomic E-state index is 6.01. The van der Waals surface area contributed by atoms with E-state index in [1.54, 1.807) is 7.11 Å². The minimum absolute atomic E-state index is 0.0934. The van der Waals surface area contributed by atoms with Crippen LogP contribution in [0.25, 0.3) is 0 Å². The van der Waals surface area contributed by atoms with Gasteiger partial charge in [-0.1, -0.05) is 23.7 Å². The molecule has 1 aromatic carbocycles. The largest absolute Gasteiger partial charge is 0.379 e. The van der Waals surface area contributed by atoms with Crippen molar-refractivity contribution in [3.05, 3.63) is 34.9 Å².